The molecule has 0 spiro atoms. The van der Waals surface area contributed by atoms with E-state index in [1.54, 1.807) is 0 Å². The fourth-order valence-corrected chi connectivity index (χ4v) is 4.00. The largest absolute Gasteiger partial charge is 0.330 e. The Labute approximate surface area is 124 Å². The molecule has 0 bridgehead atoms. The topological polar surface area (TPSA) is 63.8 Å². The highest BCUT2D eigenvalue weighted by Gasteiger charge is 2.33. The molecule has 4 rings (SSSR count). The molecule has 2 fully saturated rings. The lowest BCUT2D eigenvalue weighted by atomic mass is 9.69. The second kappa shape index (κ2) is 4.73. The van der Waals surface area contributed by atoms with Crippen molar-refractivity contribution in [2.75, 3.05) is 6.54 Å². The van der Waals surface area contributed by atoms with Gasteiger partial charge in [-0.2, -0.15) is 0 Å². The van der Waals surface area contributed by atoms with Gasteiger partial charge < -0.3 is 10.7 Å². The first-order chi connectivity index (χ1) is 10.2. The van der Waals surface area contributed by atoms with Crippen LogP contribution in [0, 0.1) is 0 Å². The summed E-state index contributed by atoms with van der Waals surface area (Å²) in [5, 5.41) is 0. The van der Waals surface area contributed by atoms with Crippen LogP contribution in [0.15, 0.2) is 23.0 Å². The zero-order valence-corrected chi connectivity index (χ0v) is 12.4. The highest BCUT2D eigenvalue weighted by molar-refractivity contribution is 5.76. The number of aromatic amines is 1. The molecule has 0 amide bonds. The molecule has 2 aliphatic rings. The predicted octanol–water partition coefficient (Wildman–Crippen LogP) is 2.83. The Kier molecular flexibility index (Phi) is 2.96. The van der Waals surface area contributed by atoms with Crippen molar-refractivity contribution < 1.29 is 0 Å². The number of fused-ring (bicyclic) bond motifs is 1. The summed E-state index contributed by atoms with van der Waals surface area (Å²) in [5.74, 6) is 0. The van der Waals surface area contributed by atoms with Gasteiger partial charge in [0.2, 0.25) is 0 Å². The van der Waals surface area contributed by atoms with Crippen LogP contribution in [0.2, 0.25) is 0 Å². The van der Waals surface area contributed by atoms with E-state index >= 15 is 0 Å². The van der Waals surface area contributed by atoms with Crippen LogP contribution in [-0.4, -0.2) is 16.1 Å². The van der Waals surface area contributed by atoms with E-state index in [0.29, 0.717) is 12.6 Å². The third-order valence-corrected chi connectivity index (χ3v) is 5.44. The number of aromatic nitrogens is 2. The normalized spacial score (nSPS) is 21.8. The van der Waals surface area contributed by atoms with Crippen molar-refractivity contribution >= 4 is 11.0 Å². The Morgan fingerprint density at radius 1 is 1.24 bits per heavy atom. The molecular formula is C17H23N3O. The molecule has 3 N–H and O–H groups in total. The van der Waals surface area contributed by atoms with Crippen molar-refractivity contribution in [1.82, 2.24) is 9.55 Å². The third kappa shape index (κ3) is 2.04. The molecule has 1 aromatic heterocycles. The number of rotatable bonds is 3. The number of nitrogens with two attached hydrogens (primary N) is 1. The molecular weight excluding hydrogens is 262 g/mol. The van der Waals surface area contributed by atoms with Crippen LogP contribution in [0.5, 0.6) is 0 Å². The van der Waals surface area contributed by atoms with Crippen molar-refractivity contribution in [3.8, 4) is 0 Å². The monoisotopic (exact) mass is 285 g/mol. The van der Waals surface area contributed by atoms with Crippen LogP contribution < -0.4 is 11.4 Å². The van der Waals surface area contributed by atoms with E-state index in [1.165, 1.54) is 37.7 Å². The minimum Gasteiger partial charge on any atom is -0.330 e. The molecule has 4 nitrogen and oxygen atoms in total. The number of H-pyrrole nitrogens is 1. The first kappa shape index (κ1) is 13.1. The molecule has 0 radical (unpaired) electrons. The van der Waals surface area contributed by atoms with Crippen LogP contribution in [-0.2, 0) is 5.41 Å². The summed E-state index contributed by atoms with van der Waals surface area (Å²) < 4.78 is 1.93. The van der Waals surface area contributed by atoms with Crippen LogP contribution in [0.4, 0.5) is 0 Å². The summed E-state index contributed by atoms with van der Waals surface area (Å²) in [7, 11) is 0. The maximum atomic E-state index is 12.1. The van der Waals surface area contributed by atoms with E-state index in [1.807, 2.05) is 4.57 Å². The van der Waals surface area contributed by atoms with E-state index in [0.717, 1.165) is 23.9 Å². The summed E-state index contributed by atoms with van der Waals surface area (Å²) in [5.41, 5.74) is 9.62. The van der Waals surface area contributed by atoms with Gasteiger partial charge in [-0.05, 0) is 43.4 Å². The van der Waals surface area contributed by atoms with E-state index < -0.39 is 0 Å². The van der Waals surface area contributed by atoms with Crippen LogP contribution in [0.3, 0.4) is 0 Å². The van der Waals surface area contributed by atoms with Gasteiger partial charge in [0.15, 0.2) is 0 Å². The molecule has 0 atom stereocenters. The zero-order valence-electron chi connectivity index (χ0n) is 12.4. The van der Waals surface area contributed by atoms with Crippen molar-refractivity contribution in [1.29, 1.82) is 0 Å². The number of benzene rings is 1. The van der Waals surface area contributed by atoms with E-state index in [9.17, 15) is 4.79 Å². The summed E-state index contributed by atoms with van der Waals surface area (Å²) in [6.07, 6.45) is 8.43. The van der Waals surface area contributed by atoms with Gasteiger partial charge in [-0.1, -0.05) is 25.3 Å². The Bertz CT molecular complexity index is 717. The lowest BCUT2D eigenvalue weighted by molar-refractivity contribution is 0.301. The number of hydrogen-bond donors (Lipinski definition) is 2. The Hall–Kier alpha value is -1.55. The van der Waals surface area contributed by atoms with Gasteiger partial charge in [0.1, 0.15) is 0 Å². The van der Waals surface area contributed by atoms with E-state index in [4.69, 9.17) is 5.73 Å². The first-order valence-corrected chi connectivity index (χ1v) is 8.18. The highest BCUT2D eigenvalue weighted by Crippen LogP contribution is 2.40. The molecule has 1 heterocycles. The average Bonchev–Trinajstić information content (AvgIpc) is 3.29. The van der Waals surface area contributed by atoms with Gasteiger partial charge in [-0.25, -0.2) is 4.79 Å². The second-order valence-electron chi connectivity index (χ2n) is 6.81. The van der Waals surface area contributed by atoms with Gasteiger partial charge >= 0.3 is 5.69 Å². The molecule has 1 aromatic carbocycles. The molecule has 2 saturated carbocycles. The standard InChI is InChI=1S/C17H23N3O/c18-11-17(8-2-1-3-9-17)12-4-7-15-14(10-12)19-16(21)20(15)13-5-6-13/h4,7,10,13H,1-3,5-6,8-9,11,18H2,(H,19,21). The number of nitrogens with zero attached hydrogens (tertiary/aromatic N) is 1. The smallest absolute Gasteiger partial charge is 0.326 e. The fraction of sp³-hybridized carbons (Fsp3) is 0.588. The van der Waals surface area contributed by atoms with E-state index in [2.05, 4.69) is 23.2 Å². The van der Waals surface area contributed by atoms with Gasteiger partial charge in [-0.15, -0.1) is 0 Å². The minimum atomic E-state index is 0.0371. The predicted molar refractivity (Wildman–Crippen MR) is 84.6 cm³/mol. The number of imidazole rings is 1. The Morgan fingerprint density at radius 2 is 2.00 bits per heavy atom. The van der Waals surface area contributed by atoms with Crippen molar-refractivity contribution in [2.24, 2.45) is 5.73 Å². The molecule has 0 unspecified atom stereocenters. The highest BCUT2D eigenvalue weighted by atomic mass is 16.1. The van der Waals surface area contributed by atoms with Crippen molar-refractivity contribution in [3.63, 3.8) is 0 Å². The molecule has 4 heteroatoms. The minimum absolute atomic E-state index is 0.0371. The molecule has 2 aromatic rings. The SMILES string of the molecule is NCC1(c2ccc3c(c2)[nH]c(=O)n3C2CC2)CCCCC1. The van der Waals surface area contributed by atoms with Crippen LogP contribution in [0.25, 0.3) is 11.0 Å². The maximum absolute atomic E-state index is 12.1. The first-order valence-electron chi connectivity index (χ1n) is 8.18. The summed E-state index contributed by atoms with van der Waals surface area (Å²) in [6, 6.07) is 6.91. The molecule has 0 aliphatic heterocycles. The van der Waals surface area contributed by atoms with Gasteiger partial charge in [0, 0.05) is 18.0 Å². The van der Waals surface area contributed by atoms with E-state index in [-0.39, 0.29) is 11.1 Å². The molecule has 112 valence electrons. The Morgan fingerprint density at radius 3 is 2.67 bits per heavy atom. The zero-order chi connectivity index (χ0) is 14.4. The molecule has 2 aliphatic carbocycles. The van der Waals surface area contributed by atoms with Gasteiger partial charge in [0.05, 0.1) is 11.0 Å². The number of nitrogens with one attached hydrogen (secondary N) is 1. The summed E-state index contributed by atoms with van der Waals surface area (Å²) in [4.78, 5) is 15.2. The second-order valence-corrected chi connectivity index (χ2v) is 6.81. The lowest BCUT2D eigenvalue weighted by Gasteiger charge is -2.36. The third-order valence-electron chi connectivity index (χ3n) is 5.44. The van der Waals surface area contributed by atoms with Crippen molar-refractivity contribution in [2.45, 2.75) is 56.4 Å². The summed E-state index contributed by atoms with van der Waals surface area (Å²) in [6.45, 7) is 0.700. The van der Waals surface area contributed by atoms with Crippen molar-refractivity contribution in [3.05, 3.63) is 34.2 Å². The average molecular weight is 285 g/mol. The summed E-state index contributed by atoms with van der Waals surface area (Å²) >= 11 is 0. The quantitative estimate of drug-likeness (QED) is 0.910. The maximum Gasteiger partial charge on any atom is 0.326 e. The lowest BCUT2D eigenvalue weighted by Crippen LogP contribution is -2.37. The fourth-order valence-electron chi connectivity index (χ4n) is 4.00. The molecule has 0 saturated heterocycles. The van der Waals surface area contributed by atoms with Crippen LogP contribution in [0.1, 0.15) is 56.6 Å². The van der Waals surface area contributed by atoms with Gasteiger partial charge in [0.25, 0.3) is 0 Å². The van der Waals surface area contributed by atoms with Gasteiger partial charge in [-0.3, -0.25) is 4.57 Å². The van der Waals surface area contributed by atoms with Crippen LogP contribution >= 0.6 is 0 Å². The Balaban J connectivity index is 1.81. The molecule has 21 heavy (non-hydrogen) atoms. The number of hydrogen-bond acceptors (Lipinski definition) is 2.